The second kappa shape index (κ2) is 4.35. The summed E-state index contributed by atoms with van der Waals surface area (Å²) in [5.41, 5.74) is 1.08. The molecule has 0 aliphatic heterocycles. The van der Waals surface area contributed by atoms with E-state index in [4.69, 9.17) is 4.74 Å². The van der Waals surface area contributed by atoms with E-state index in [2.05, 4.69) is 15.9 Å². The average Bonchev–Trinajstić information content (AvgIpc) is 2.65. The van der Waals surface area contributed by atoms with Crippen LogP contribution in [0.25, 0.3) is 0 Å². The molecule has 0 spiro atoms. The lowest BCUT2D eigenvalue weighted by Gasteiger charge is -2.11. The zero-order valence-corrected chi connectivity index (χ0v) is 10.2. The maximum Gasteiger partial charge on any atom is 0.140 e. The minimum absolute atomic E-state index is 0.0898. The predicted octanol–water partition coefficient (Wildman–Crippen LogP) is 3.29. The smallest absolute Gasteiger partial charge is 0.140 e. The first-order valence-electron chi connectivity index (χ1n) is 5.08. The van der Waals surface area contributed by atoms with E-state index in [0.29, 0.717) is 5.78 Å². The van der Waals surface area contributed by atoms with Crippen LogP contribution in [0.4, 0.5) is 0 Å². The summed E-state index contributed by atoms with van der Waals surface area (Å²) < 4.78 is 6.15. The summed E-state index contributed by atoms with van der Waals surface area (Å²) in [5.74, 6) is 1.25. The molecule has 1 aromatic rings. The number of methoxy groups -OCH3 is 1. The molecule has 15 heavy (non-hydrogen) atoms. The first-order valence-corrected chi connectivity index (χ1v) is 5.88. The molecule has 2 rings (SSSR count). The number of ketones is 1. The maximum atomic E-state index is 11.6. The molecule has 0 heterocycles. The lowest BCUT2D eigenvalue weighted by molar-refractivity contribution is -0.118. The largest absolute Gasteiger partial charge is 0.496 e. The van der Waals surface area contributed by atoms with Gasteiger partial charge in [-0.25, -0.2) is 0 Å². The molecule has 80 valence electrons. The second-order valence-electron chi connectivity index (χ2n) is 3.81. The van der Waals surface area contributed by atoms with E-state index in [-0.39, 0.29) is 5.92 Å². The van der Waals surface area contributed by atoms with Crippen molar-refractivity contribution in [2.24, 2.45) is 0 Å². The molecule has 0 saturated heterocycles. The van der Waals surface area contributed by atoms with E-state index in [1.165, 1.54) is 0 Å². The lowest BCUT2D eigenvalue weighted by atomic mass is 9.97. The fraction of sp³-hybridized carbons (Fsp3) is 0.417. The van der Waals surface area contributed by atoms with Gasteiger partial charge in [-0.15, -0.1) is 0 Å². The van der Waals surface area contributed by atoms with Gasteiger partial charge in [0.2, 0.25) is 0 Å². The highest BCUT2D eigenvalue weighted by molar-refractivity contribution is 9.10. The van der Waals surface area contributed by atoms with Crippen LogP contribution in [-0.4, -0.2) is 12.9 Å². The van der Waals surface area contributed by atoms with Gasteiger partial charge in [-0.1, -0.05) is 6.07 Å². The number of carbonyl (C=O) groups is 1. The van der Waals surface area contributed by atoms with E-state index in [1.807, 2.05) is 18.2 Å². The predicted molar refractivity (Wildman–Crippen MR) is 62.3 cm³/mol. The molecule has 3 heteroatoms. The third kappa shape index (κ3) is 2.07. The summed E-state index contributed by atoms with van der Waals surface area (Å²) in [6, 6.07) is 5.90. The van der Waals surface area contributed by atoms with Crippen molar-refractivity contribution in [2.45, 2.75) is 25.2 Å². The van der Waals surface area contributed by atoms with Gasteiger partial charge in [0.1, 0.15) is 11.5 Å². The van der Waals surface area contributed by atoms with E-state index >= 15 is 0 Å². The minimum atomic E-state index is 0.0898. The Morgan fingerprint density at radius 1 is 1.47 bits per heavy atom. The van der Waals surface area contributed by atoms with Crippen molar-refractivity contribution in [3.63, 3.8) is 0 Å². The first kappa shape index (κ1) is 10.7. The molecule has 1 fully saturated rings. The van der Waals surface area contributed by atoms with E-state index in [0.717, 1.165) is 35.0 Å². The van der Waals surface area contributed by atoms with Crippen molar-refractivity contribution in [1.29, 1.82) is 0 Å². The molecule has 0 amide bonds. The van der Waals surface area contributed by atoms with E-state index in [9.17, 15) is 4.79 Å². The monoisotopic (exact) mass is 268 g/mol. The number of Topliss-reactive ketones (excluding diaryl/α,β-unsaturated/α-hetero) is 1. The SMILES string of the molecule is COc1cc(C2CCCC2=O)ccc1Br. The van der Waals surface area contributed by atoms with Gasteiger partial charge in [0, 0.05) is 12.3 Å². The Kier molecular flexibility index (Phi) is 3.10. The molecule has 1 aliphatic carbocycles. The van der Waals surface area contributed by atoms with Gasteiger partial charge in [-0.3, -0.25) is 4.79 Å². The fourth-order valence-electron chi connectivity index (χ4n) is 2.06. The molecule has 0 aromatic heterocycles. The Hall–Kier alpha value is -0.830. The maximum absolute atomic E-state index is 11.6. The van der Waals surface area contributed by atoms with Crippen molar-refractivity contribution in [1.82, 2.24) is 0 Å². The van der Waals surface area contributed by atoms with Crippen molar-refractivity contribution in [2.75, 3.05) is 7.11 Å². The second-order valence-corrected chi connectivity index (χ2v) is 4.66. The number of hydrogen-bond acceptors (Lipinski definition) is 2. The van der Waals surface area contributed by atoms with Crippen LogP contribution in [-0.2, 0) is 4.79 Å². The molecule has 1 unspecified atom stereocenters. The summed E-state index contributed by atoms with van der Waals surface area (Å²) in [5, 5.41) is 0. The van der Waals surface area contributed by atoms with Crippen LogP contribution in [0, 0.1) is 0 Å². The average molecular weight is 269 g/mol. The number of halogens is 1. The van der Waals surface area contributed by atoms with Gasteiger partial charge in [0.05, 0.1) is 11.6 Å². The third-order valence-electron chi connectivity index (χ3n) is 2.88. The molecule has 1 saturated carbocycles. The normalized spacial score (nSPS) is 20.7. The molecule has 1 atom stereocenters. The van der Waals surface area contributed by atoms with Gasteiger partial charge in [0.15, 0.2) is 0 Å². The van der Waals surface area contributed by atoms with E-state index < -0.39 is 0 Å². The van der Waals surface area contributed by atoms with Crippen LogP contribution in [0.3, 0.4) is 0 Å². The van der Waals surface area contributed by atoms with Gasteiger partial charge in [-0.05, 0) is 46.5 Å². The Labute approximate surface area is 97.8 Å². The van der Waals surface area contributed by atoms with Crippen LogP contribution in [0.5, 0.6) is 5.75 Å². The van der Waals surface area contributed by atoms with Crippen molar-refractivity contribution in [3.05, 3.63) is 28.2 Å². The van der Waals surface area contributed by atoms with Gasteiger partial charge < -0.3 is 4.74 Å². The topological polar surface area (TPSA) is 26.3 Å². The molecule has 0 radical (unpaired) electrons. The molecule has 0 N–H and O–H groups in total. The Morgan fingerprint density at radius 3 is 2.87 bits per heavy atom. The zero-order valence-electron chi connectivity index (χ0n) is 8.63. The van der Waals surface area contributed by atoms with Gasteiger partial charge in [0.25, 0.3) is 0 Å². The molecular formula is C12H13BrO2. The van der Waals surface area contributed by atoms with Gasteiger partial charge in [-0.2, -0.15) is 0 Å². The molecule has 0 bridgehead atoms. The van der Waals surface area contributed by atoms with Crippen LogP contribution in [0.15, 0.2) is 22.7 Å². The van der Waals surface area contributed by atoms with Crippen LogP contribution < -0.4 is 4.74 Å². The molecular weight excluding hydrogens is 256 g/mol. The lowest BCUT2D eigenvalue weighted by Crippen LogP contribution is -2.04. The Morgan fingerprint density at radius 2 is 2.27 bits per heavy atom. The minimum Gasteiger partial charge on any atom is -0.496 e. The zero-order chi connectivity index (χ0) is 10.8. The standard InChI is InChI=1S/C12H13BrO2/c1-15-12-7-8(5-6-10(12)13)9-3-2-4-11(9)14/h5-7,9H,2-4H2,1H3. The summed E-state index contributed by atoms with van der Waals surface area (Å²) in [4.78, 5) is 11.6. The number of rotatable bonds is 2. The number of hydrogen-bond donors (Lipinski definition) is 0. The van der Waals surface area contributed by atoms with Crippen molar-refractivity contribution >= 4 is 21.7 Å². The van der Waals surface area contributed by atoms with Crippen LogP contribution in [0.1, 0.15) is 30.7 Å². The molecule has 1 aromatic carbocycles. The number of ether oxygens (including phenoxy) is 1. The van der Waals surface area contributed by atoms with Crippen molar-refractivity contribution in [3.8, 4) is 5.75 Å². The van der Waals surface area contributed by atoms with Crippen LogP contribution in [0.2, 0.25) is 0 Å². The number of benzene rings is 1. The Balaban J connectivity index is 2.32. The third-order valence-corrected chi connectivity index (χ3v) is 3.54. The highest BCUT2D eigenvalue weighted by Gasteiger charge is 2.26. The van der Waals surface area contributed by atoms with Crippen LogP contribution >= 0.6 is 15.9 Å². The molecule has 2 nitrogen and oxygen atoms in total. The van der Waals surface area contributed by atoms with Gasteiger partial charge >= 0.3 is 0 Å². The molecule has 1 aliphatic rings. The number of carbonyl (C=O) groups excluding carboxylic acids is 1. The summed E-state index contributed by atoms with van der Waals surface area (Å²) in [6.45, 7) is 0. The summed E-state index contributed by atoms with van der Waals surface area (Å²) in [7, 11) is 1.64. The summed E-state index contributed by atoms with van der Waals surface area (Å²) in [6.07, 6.45) is 2.72. The van der Waals surface area contributed by atoms with Crippen molar-refractivity contribution < 1.29 is 9.53 Å². The fourth-order valence-corrected chi connectivity index (χ4v) is 2.47. The van der Waals surface area contributed by atoms with E-state index in [1.54, 1.807) is 7.11 Å². The highest BCUT2D eigenvalue weighted by Crippen LogP contribution is 2.35. The summed E-state index contributed by atoms with van der Waals surface area (Å²) >= 11 is 3.40. The highest BCUT2D eigenvalue weighted by atomic mass is 79.9. The Bertz CT molecular complexity index is 387. The first-order chi connectivity index (χ1) is 7.22. The quantitative estimate of drug-likeness (QED) is 0.823.